The van der Waals surface area contributed by atoms with Gasteiger partial charge in [-0.05, 0) is 71.5 Å². The predicted octanol–water partition coefficient (Wildman–Crippen LogP) is 2.92. The third-order valence-corrected chi connectivity index (χ3v) is 10.8. The van der Waals surface area contributed by atoms with Gasteiger partial charge in [0, 0.05) is 60.8 Å². The maximum atomic E-state index is 13.3. The van der Waals surface area contributed by atoms with Crippen LogP contribution in [0.2, 0.25) is 0 Å². The number of hydrogen-bond acceptors (Lipinski definition) is 7. The summed E-state index contributed by atoms with van der Waals surface area (Å²) in [7, 11) is -7.24. The van der Waals surface area contributed by atoms with Crippen LogP contribution in [0.5, 0.6) is 0 Å². The van der Waals surface area contributed by atoms with E-state index in [0.717, 1.165) is 28.5 Å². The van der Waals surface area contributed by atoms with Crippen molar-refractivity contribution in [3.05, 3.63) is 106 Å². The van der Waals surface area contributed by atoms with Gasteiger partial charge >= 0.3 is 5.97 Å². The minimum atomic E-state index is -3.94. The van der Waals surface area contributed by atoms with Crippen molar-refractivity contribution in [2.75, 3.05) is 37.3 Å². The molecule has 0 unspecified atom stereocenters. The van der Waals surface area contributed by atoms with Crippen LogP contribution in [0.1, 0.15) is 30.5 Å². The third kappa shape index (κ3) is 8.09. The van der Waals surface area contributed by atoms with Crippen LogP contribution in [0.4, 0.5) is 5.69 Å². The number of pyridine rings is 1. The number of carboxylic acid groups (broad SMARTS) is 1. The Bertz CT molecular complexity index is 2130. The number of sulfone groups is 1. The van der Waals surface area contributed by atoms with Gasteiger partial charge in [0.2, 0.25) is 0 Å². The number of aromatic nitrogens is 1. The first-order valence-corrected chi connectivity index (χ1v) is 18.3. The lowest BCUT2D eigenvalue weighted by molar-refractivity contribution is -0.140. The van der Waals surface area contributed by atoms with Crippen LogP contribution in [0.3, 0.4) is 0 Å². The van der Waals surface area contributed by atoms with E-state index in [1.54, 1.807) is 42.8 Å². The molecule has 11 nitrogen and oxygen atoms in total. The zero-order valence-corrected chi connectivity index (χ0v) is 27.9. The van der Waals surface area contributed by atoms with Gasteiger partial charge in [0.15, 0.2) is 9.84 Å². The van der Waals surface area contributed by atoms with Crippen molar-refractivity contribution < 1.29 is 26.7 Å². The molecule has 0 saturated carbocycles. The Labute approximate surface area is 274 Å². The van der Waals surface area contributed by atoms with E-state index in [1.165, 1.54) is 16.4 Å². The molecule has 1 atom stereocenters. The molecule has 0 aliphatic carbocycles. The second-order valence-electron chi connectivity index (χ2n) is 11.8. The minimum Gasteiger partial charge on any atom is -0.480 e. The smallest absolute Gasteiger partial charge is 0.322 e. The number of nitrogens with one attached hydrogen (secondary N) is 1. The van der Waals surface area contributed by atoms with Crippen molar-refractivity contribution in [2.24, 2.45) is 5.92 Å². The summed E-state index contributed by atoms with van der Waals surface area (Å²) in [6, 6.07) is 20.3. The van der Waals surface area contributed by atoms with Gasteiger partial charge in [-0.2, -0.15) is 17.4 Å². The van der Waals surface area contributed by atoms with Gasteiger partial charge in [0.25, 0.3) is 15.8 Å². The van der Waals surface area contributed by atoms with Crippen LogP contribution in [-0.2, 0) is 31.4 Å². The highest BCUT2D eigenvalue weighted by molar-refractivity contribution is 7.90. The molecule has 13 heteroatoms. The van der Waals surface area contributed by atoms with E-state index in [1.807, 2.05) is 42.5 Å². The Morgan fingerprint density at radius 2 is 1.49 bits per heavy atom. The number of hydrogen-bond donors (Lipinski definition) is 2. The van der Waals surface area contributed by atoms with Crippen molar-refractivity contribution in [2.45, 2.75) is 31.3 Å². The second kappa shape index (κ2) is 13.7. The molecule has 246 valence electrons. The Morgan fingerprint density at radius 1 is 0.872 bits per heavy atom. The molecule has 0 radical (unpaired) electrons. The van der Waals surface area contributed by atoms with E-state index in [-0.39, 0.29) is 23.5 Å². The van der Waals surface area contributed by atoms with E-state index in [4.69, 9.17) is 0 Å². The molecule has 3 aromatic carbocycles. The lowest BCUT2D eigenvalue weighted by Crippen LogP contribution is -2.55. The molecule has 2 heterocycles. The summed E-state index contributed by atoms with van der Waals surface area (Å²) in [5.41, 5.74) is 3.01. The van der Waals surface area contributed by atoms with Gasteiger partial charge in [-0.3, -0.25) is 9.59 Å². The molecule has 1 aromatic heterocycles. The summed E-state index contributed by atoms with van der Waals surface area (Å²) in [6.45, 7) is 4.95. The van der Waals surface area contributed by atoms with Crippen molar-refractivity contribution in [3.63, 3.8) is 0 Å². The lowest BCUT2D eigenvalue weighted by Gasteiger charge is -2.36. The Balaban J connectivity index is 1.24. The Hall–Kier alpha value is -4.48. The number of benzene rings is 3. The van der Waals surface area contributed by atoms with Crippen LogP contribution >= 0.6 is 0 Å². The number of fused-ring (bicyclic) bond motifs is 1. The molecule has 2 N–H and O–H groups in total. The first kappa shape index (κ1) is 33.9. The summed E-state index contributed by atoms with van der Waals surface area (Å²) in [6.07, 6.45) is 2.88. The highest BCUT2D eigenvalue weighted by Crippen LogP contribution is 2.19. The molecule has 1 aliphatic heterocycles. The average Bonchev–Trinajstić information content (AvgIpc) is 3.04. The minimum absolute atomic E-state index is 0.173. The van der Waals surface area contributed by atoms with Crippen LogP contribution in [0, 0.1) is 17.8 Å². The molecule has 5 rings (SSSR count). The maximum Gasteiger partial charge on any atom is 0.322 e. The number of piperazine rings is 1. The highest BCUT2D eigenvalue weighted by atomic mass is 32.2. The average molecular weight is 677 g/mol. The molecule has 1 fully saturated rings. The molecule has 1 saturated heterocycles. The Kier molecular flexibility index (Phi) is 9.88. The fourth-order valence-electron chi connectivity index (χ4n) is 5.31. The van der Waals surface area contributed by atoms with E-state index < -0.39 is 38.0 Å². The van der Waals surface area contributed by atoms with Crippen molar-refractivity contribution in [1.29, 1.82) is 0 Å². The number of aliphatic carboxylic acids is 1. The third-order valence-electron chi connectivity index (χ3n) is 8.05. The molecule has 47 heavy (non-hydrogen) atoms. The van der Waals surface area contributed by atoms with Crippen LogP contribution < -0.4 is 15.2 Å². The molecule has 0 amide bonds. The van der Waals surface area contributed by atoms with Gasteiger partial charge in [-0.25, -0.2) is 8.42 Å². The highest BCUT2D eigenvalue weighted by Gasteiger charge is 2.33. The van der Waals surface area contributed by atoms with Crippen molar-refractivity contribution in [3.8, 4) is 11.8 Å². The van der Waals surface area contributed by atoms with Gasteiger partial charge in [0.05, 0.1) is 11.4 Å². The fourth-order valence-corrected chi connectivity index (χ4v) is 7.43. The predicted molar refractivity (Wildman–Crippen MR) is 181 cm³/mol. The zero-order valence-electron chi connectivity index (χ0n) is 26.3. The number of rotatable bonds is 9. The number of carbonyl (C=O) groups is 1. The van der Waals surface area contributed by atoms with Gasteiger partial charge in [0.1, 0.15) is 6.04 Å². The quantitative estimate of drug-likeness (QED) is 0.258. The van der Waals surface area contributed by atoms with Crippen LogP contribution in [0.15, 0.2) is 88.7 Å². The van der Waals surface area contributed by atoms with Gasteiger partial charge in [-0.1, -0.05) is 43.9 Å². The zero-order chi connectivity index (χ0) is 33.9. The van der Waals surface area contributed by atoms with Gasteiger partial charge in [-0.15, -0.1) is 0 Å². The normalized spacial score (nSPS) is 14.9. The molecule has 4 aromatic rings. The monoisotopic (exact) mass is 676 g/mol. The second-order valence-corrected chi connectivity index (χ2v) is 15.6. The first-order chi connectivity index (χ1) is 22.2. The van der Waals surface area contributed by atoms with Crippen molar-refractivity contribution >= 4 is 42.5 Å². The number of carboxylic acids is 1. The summed E-state index contributed by atoms with van der Waals surface area (Å²) in [5.74, 6) is 4.67. The molecule has 0 bridgehead atoms. The SMILES string of the molecule is CC(C)[C@@H](NS(=O)(=O)N1CCN(c2ccc(C#Cc3ccc4ccn(Cc5ccc(S(C)(=O)=O)cc5)c(=O)c4c3)cc2)CC1)C(=O)O. The maximum absolute atomic E-state index is 13.3. The molecular formula is C34H36N4O7S2. The van der Waals surface area contributed by atoms with E-state index in [9.17, 15) is 31.5 Å². The van der Waals surface area contributed by atoms with Crippen LogP contribution in [0.25, 0.3) is 10.8 Å². The lowest BCUT2D eigenvalue weighted by atomic mass is 10.1. The number of anilines is 1. The van der Waals surface area contributed by atoms with E-state index >= 15 is 0 Å². The van der Waals surface area contributed by atoms with Crippen LogP contribution in [-0.4, -0.2) is 75.3 Å². The molecular weight excluding hydrogens is 641 g/mol. The molecule has 1 aliphatic rings. The standard InChI is InChI=1S/C34H36N4O7S2/c1-24(2)32(34(40)41)35-47(44,45)38-20-18-36(19-21-38)29-12-7-25(8-13-29)4-5-26-6-11-28-16-17-37(33(39)31(28)22-26)23-27-9-14-30(15-10-27)46(3,42)43/h6-17,22,24,32,35H,18-21,23H2,1-3H3,(H,40,41)/t32-/m1/s1. The Morgan fingerprint density at radius 3 is 2.09 bits per heavy atom. The largest absolute Gasteiger partial charge is 0.480 e. The fraction of sp³-hybridized carbons (Fsp3) is 0.294. The molecule has 0 spiro atoms. The first-order valence-electron chi connectivity index (χ1n) is 15.0. The summed E-state index contributed by atoms with van der Waals surface area (Å²) in [4.78, 5) is 27.1. The number of nitrogens with zero attached hydrogens (tertiary/aromatic N) is 3. The van der Waals surface area contributed by atoms with E-state index in [2.05, 4.69) is 21.5 Å². The van der Waals surface area contributed by atoms with Crippen molar-refractivity contribution in [1.82, 2.24) is 13.6 Å². The van der Waals surface area contributed by atoms with Gasteiger partial charge < -0.3 is 14.6 Å². The summed E-state index contributed by atoms with van der Waals surface area (Å²) < 4.78 is 54.2. The topological polar surface area (TPSA) is 146 Å². The summed E-state index contributed by atoms with van der Waals surface area (Å²) >= 11 is 0. The van der Waals surface area contributed by atoms with E-state index in [0.29, 0.717) is 30.6 Å². The summed E-state index contributed by atoms with van der Waals surface area (Å²) in [5, 5.41) is 10.7.